The molecule has 1 heterocycles. The molecular weight excluding hydrogens is 241 g/mol. The Morgan fingerprint density at radius 1 is 0.947 bits per heavy atom. The molecule has 19 heavy (non-hydrogen) atoms. The summed E-state index contributed by atoms with van der Waals surface area (Å²) in [6, 6.07) is 13.7. The number of nitrogens with one attached hydrogen (secondary N) is 1. The second kappa shape index (κ2) is 4.57. The van der Waals surface area contributed by atoms with Crippen molar-refractivity contribution in [3.63, 3.8) is 0 Å². The number of nitrogen functional groups attached to an aromatic ring is 1. The predicted molar refractivity (Wildman–Crippen MR) is 75.8 cm³/mol. The smallest absolute Gasteiger partial charge is 0.138 e. The van der Waals surface area contributed by atoms with E-state index in [-0.39, 0.29) is 5.82 Å². The summed E-state index contributed by atoms with van der Waals surface area (Å²) < 4.78 is 12.9. The van der Waals surface area contributed by atoms with E-state index in [1.807, 2.05) is 24.3 Å². The molecule has 0 atom stereocenters. The van der Waals surface area contributed by atoms with Crippen LogP contribution in [0.5, 0.6) is 0 Å². The predicted octanol–water partition coefficient (Wildman–Crippen LogP) is 3.70. The molecular formula is C15H12FN3. The van der Waals surface area contributed by atoms with Crippen molar-refractivity contribution >= 4 is 28.0 Å². The van der Waals surface area contributed by atoms with Gasteiger partial charge in [-0.2, -0.15) is 0 Å². The maximum Gasteiger partial charge on any atom is 0.138 e. The van der Waals surface area contributed by atoms with Gasteiger partial charge < -0.3 is 11.1 Å². The number of rotatable bonds is 2. The van der Waals surface area contributed by atoms with Crippen molar-refractivity contribution in [2.45, 2.75) is 0 Å². The summed E-state index contributed by atoms with van der Waals surface area (Å²) in [5.41, 5.74) is 7.42. The van der Waals surface area contributed by atoms with Gasteiger partial charge in [-0.1, -0.05) is 12.1 Å². The average Bonchev–Trinajstić information content (AvgIpc) is 2.43. The van der Waals surface area contributed by atoms with Crippen molar-refractivity contribution in [1.82, 2.24) is 4.98 Å². The first-order valence-electron chi connectivity index (χ1n) is 5.90. The quantitative estimate of drug-likeness (QED) is 0.685. The maximum atomic E-state index is 12.9. The summed E-state index contributed by atoms with van der Waals surface area (Å²) >= 11 is 0. The van der Waals surface area contributed by atoms with E-state index in [2.05, 4.69) is 10.3 Å². The van der Waals surface area contributed by atoms with Crippen LogP contribution in [0, 0.1) is 5.82 Å². The highest BCUT2D eigenvalue weighted by Gasteiger charge is 2.04. The van der Waals surface area contributed by atoms with Crippen LogP contribution >= 0.6 is 0 Å². The van der Waals surface area contributed by atoms with E-state index in [0.717, 1.165) is 16.5 Å². The van der Waals surface area contributed by atoms with Crippen LogP contribution in [0.25, 0.3) is 10.8 Å². The summed E-state index contributed by atoms with van der Waals surface area (Å²) in [6.07, 6.45) is 1.70. The van der Waals surface area contributed by atoms with E-state index in [1.165, 1.54) is 12.1 Å². The Morgan fingerprint density at radius 2 is 1.74 bits per heavy atom. The van der Waals surface area contributed by atoms with E-state index in [1.54, 1.807) is 18.3 Å². The number of fused-ring (bicyclic) bond motifs is 1. The minimum absolute atomic E-state index is 0.263. The van der Waals surface area contributed by atoms with E-state index in [4.69, 9.17) is 5.73 Å². The lowest BCUT2D eigenvalue weighted by Gasteiger charge is -2.09. The Balaban J connectivity index is 2.06. The van der Waals surface area contributed by atoms with Gasteiger partial charge in [0, 0.05) is 28.3 Å². The summed E-state index contributed by atoms with van der Waals surface area (Å²) in [6.45, 7) is 0. The summed E-state index contributed by atoms with van der Waals surface area (Å²) in [4.78, 5) is 4.31. The van der Waals surface area contributed by atoms with Gasteiger partial charge in [0.05, 0.1) is 0 Å². The van der Waals surface area contributed by atoms with Gasteiger partial charge in [-0.05, 0) is 36.4 Å². The molecule has 0 fully saturated rings. The number of nitrogens with zero attached hydrogens (tertiary/aromatic N) is 1. The van der Waals surface area contributed by atoms with Crippen molar-refractivity contribution < 1.29 is 4.39 Å². The van der Waals surface area contributed by atoms with Crippen LogP contribution in [0.2, 0.25) is 0 Å². The van der Waals surface area contributed by atoms with Gasteiger partial charge in [-0.3, -0.25) is 0 Å². The third kappa shape index (κ3) is 2.20. The standard InChI is InChI=1S/C15H12FN3/c16-10-4-6-11(7-5-10)19-15-13-2-1-3-14(17)12(13)8-9-18-15/h1-9H,17H2,(H,18,19). The fourth-order valence-electron chi connectivity index (χ4n) is 2.00. The first-order chi connectivity index (χ1) is 9.24. The average molecular weight is 253 g/mol. The molecule has 0 saturated heterocycles. The molecule has 94 valence electrons. The van der Waals surface area contributed by atoms with Crippen molar-refractivity contribution in [3.05, 3.63) is 60.5 Å². The van der Waals surface area contributed by atoms with Crippen molar-refractivity contribution in [2.24, 2.45) is 0 Å². The molecule has 0 aliphatic rings. The fourth-order valence-corrected chi connectivity index (χ4v) is 2.00. The maximum absolute atomic E-state index is 12.9. The van der Waals surface area contributed by atoms with Gasteiger partial charge in [0.2, 0.25) is 0 Å². The highest BCUT2D eigenvalue weighted by atomic mass is 19.1. The van der Waals surface area contributed by atoms with Crippen LogP contribution < -0.4 is 11.1 Å². The Labute approximate surface area is 109 Å². The van der Waals surface area contributed by atoms with Crippen LogP contribution in [-0.4, -0.2) is 4.98 Å². The summed E-state index contributed by atoms with van der Waals surface area (Å²) in [5, 5.41) is 5.05. The second-order valence-electron chi connectivity index (χ2n) is 4.23. The highest BCUT2D eigenvalue weighted by Crippen LogP contribution is 2.27. The molecule has 4 heteroatoms. The highest BCUT2D eigenvalue weighted by molar-refractivity contribution is 5.99. The molecule has 2 aromatic carbocycles. The third-order valence-corrected chi connectivity index (χ3v) is 2.95. The number of aromatic nitrogens is 1. The molecule has 0 bridgehead atoms. The zero-order chi connectivity index (χ0) is 13.2. The minimum atomic E-state index is -0.263. The normalized spacial score (nSPS) is 10.6. The summed E-state index contributed by atoms with van der Waals surface area (Å²) in [7, 11) is 0. The fraction of sp³-hybridized carbons (Fsp3) is 0. The Bertz CT molecular complexity index is 723. The zero-order valence-electron chi connectivity index (χ0n) is 10.1. The lowest BCUT2D eigenvalue weighted by Crippen LogP contribution is -1.96. The van der Waals surface area contributed by atoms with Gasteiger partial charge in [0.25, 0.3) is 0 Å². The van der Waals surface area contributed by atoms with Crippen LogP contribution in [-0.2, 0) is 0 Å². The largest absolute Gasteiger partial charge is 0.398 e. The molecule has 0 saturated carbocycles. The van der Waals surface area contributed by atoms with E-state index < -0.39 is 0 Å². The van der Waals surface area contributed by atoms with Gasteiger partial charge in [-0.15, -0.1) is 0 Å². The Kier molecular flexibility index (Phi) is 2.76. The molecule has 0 aliphatic carbocycles. The Hall–Kier alpha value is -2.62. The van der Waals surface area contributed by atoms with Crippen LogP contribution in [0.4, 0.5) is 21.6 Å². The molecule has 0 unspecified atom stereocenters. The first kappa shape index (κ1) is 11.5. The van der Waals surface area contributed by atoms with E-state index >= 15 is 0 Å². The van der Waals surface area contributed by atoms with Gasteiger partial charge >= 0.3 is 0 Å². The van der Waals surface area contributed by atoms with E-state index in [0.29, 0.717) is 11.5 Å². The third-order valence-electron chi connectivity index (χ3n) is 2.95. The molecule has 0 radical (unpaired) electrons. The zero-order valence-corrected chi connectivity index (χ0v) is 10.1. The van der Waals surface area contributed by atoms with Crippen LogP contribution in [0.15, 0.2) is 54.7 Å². The first-order valence-corrected chi connectivity index (χ1v) is 5.90. The van der Waals surface area contributed by atoms with Gasteiger partial charge in [0.1, 0.15) is 11.6 Å². The number of anilines is 3. The monoisotopic (exact) mass is 253 g/mol. The SMILES string of the molecule is Nc1cccc2c(Nc3ccc(F)cc3)nccc12. The Morgan fingerprint density at radius 3 is 2.53 bits per heavy atom. The molecule has 0 aliphatic heterocycles. The number of nitrogens with two attached hydrogens (primary N) is 1. The van der Waals surface area contributed by atoms with Crippen LogP contribution in [0.3, 0.4) is 0 Å². The minimum Gasteiger partial charge on any atom is -0.398 e. The van der Waals surface area contributed by atoms with E-state index in [9.17, 15) is 4.39 Å². The number of benzene rings is 2. The molecule has 3 rings (SSSR count). The molecule has 0 amide bonds. The van der Waals surface area contributed by atoms with Crippen molar-refractivity contribution in [1.29, 1.82) is 0 Å². The number of hydrogen-bond donors (Lipinski definition) is 2. The molecule has 3 N–H and O–H groups in total. The molecule has 1 aromatic heterocycles. The topological polar surface area (TPSA) is 50.9 Å². The van der Waals surface area contributed by atoms with Gasteiger partial charge in [-0.25, -0.2) is 9.37 Å². The van der Waals surface area contributed by atoms with Crippen molar-refractivity contribution in [2.75, 3.05) is 11.1 Å². The lowest BCUT2D eigenvalue weighted by molar-refractivity contribution is 0.628. The number of halogens is 1. The van der Waals surface area contributed by atoms with Crippen molar-refractivity contribution in [3.8, 4) is 0 Å². The number of hydrogen-bond acceptors (Lipinski definition) is 3. The lowest BCUT2D eigenvalue weighted by atomic mass is 10.1. The molecule has 3 nitrogen and oxygen atoms in total. The number of pyridine rings is 1. The molecule has 3 aromatic rings. The summed E-state index contributed by atoms with van der Waals surface area (Å²) in [5.74, 6) is 0.442. The molecule has 0 spiro atoms. The second-order valence-corrected chi connectivity index (χ2v) is 4.23. The van der Waals surface area contributed by atoms with Crippen LogP contribution in [0.1, 0.15) is 0 Å². The van der Waals surface area contributed by atoms with Gasteiger partial charge in [0.15, 0.2) is 0 Å².